The number of anilines is 1. The van der Waals surface area contributed by atoms with Crippen LogP contribution in [0.2, 0.25) is 0 Å². The smallest absolute Gasteiger partial charge is 0.230 e. The lowest BCUT2D eigenvalue weighted by molar-refractivity contribution is -0.126. The molecule has 0 bridgehead atoms. The van der Waals surface area contributed by atoms with Gasteiger partial charge in [0.2, 0.25) is 5.91 Å². The molecular formula is C17H26N2O. The van der Waals surface area contributed by atoms with Crippen molar-refractivity contribution in [2.45, 2.75) is 57.9 Å². The summed E-state index contributed by atoms with van der Waals surface area (Å²) < 4.78 is 0. The minimum Gasteiger partial charge on any atom is -0.399 e. The van der Waals surface area contributed by atoms with E-state index in [0.717, 1.165) is 11.3 Å². The molecule has 3 heteroatoms. The summed E-state index contributed by atoms with van der Waals surface area (Å²) in [6.45, 7) is 6.07. The summed E-state index contributed by atoms with van der Waals surface area (Å²) >= 11 is 0. The van der Waals surface area contributed by atoms with E-state index in [0.29, 0.717) is 5.92 Å². The van der Waals surface area contributed by atoms with Gasteiger partial charge in [0.05, 0.1) is 5.41 Å². The van der Waals surface area contributed by atoms with Crippen molar-refractivity contribution < 1.29 is 4.79 Å². The number of carbonyl (C=O) groups excluding carboxylic acids is 1. The second kappa shape index (κ2) is 5.86. The lowest BCUT2D eigenvalue weighted by Gasteiger charge is -2.28. The van der Waals surface area contributed by atoms with Gasteiger partial charge in [0.25, 0.3) is 0 Å². The van der Waals surface area contributed by atoms with Gasteiger partial charge in [-0.2, -0.15) is 0 Å². The number of nitrogens with two attached hydrogens (primary N) is 1. The second-order valence-electron chi connectivity index (χ2n) is 6.55. The van der Waals surface area contributed by atoms with E-state index in [-0.39, 0.29) is 11.9 Å². The SMILES string of the molecule is C[C@H](NC(=O)C(C)(C)c1ccc(N)cc1)C1CCCC1. The molecule has 3 nitrogen and oxygen atoms in total. The number of carbonyl (C=O) groups is 1. The highest BCUT2D eigenvalue weighted by atomic mass is 16.2. The van der Waals surface area contributed by atoms with Crippen LogP contribution in [-0.4, -0.2) is 11.9 Å². The maximum Gasteiger partial charge on any atom is 0.230 e. The first kappa shape index (κ1) is 14.9. The third-order valence-corrected chi connectivity index (χ3v) is 4.67. The molecule has 3 N–H and O–H groups in total. The van der Waals surface area contributed by atoms with Crippen molar-refractivity contribution in [3.8, 4) is 0 Å². The van der Waals surface area contributed by atoms with Crippen LogP contribution in [0.15, 0.2) is 24.3 Å². The molecule has 0 radical (unpaired) electrons. The van der Waals surface area contributed by atoms with Gasteiger partial charge in [0.15, 0.2) is 0 Å². The summed E-state index contributed by atoms with van der Waals surface area (Å²) in [5.41, 5.74) is 6.91. The van der Waals surface area contributed by atoms with E-state index in [1.807, 2.05) is 38.1 Å². The Hall–Kier alpha value is -1.51. The van der Waals surface area contributed by atoms with Crippen molar-refractivity contribution in [3.05, 3.63) is 29.8 Å². The molecule has 1 saturated carbocycles. The topological polar surface area (TPSA) is 55.1 Å². The van der Waals surface area contributed by atoms with Gasteiger partial charge in [0.1, 0.15) is 0 Å². The first-order valence-electron chi connectivity index (χ1n) is 7.58. The van der Waals surface area contributed by atoms with Gasteiger partial charge in [0, 0.05) is 11.7 Å². The second-order valence-corrected chi connectivity index (χ2v) is 6.55. The molecule has 0 unspecified atom stereocenters. The van der Waals surface area contributed by atoms with Crippen LogP contribution >= 0.6 is 0 Å². The first-order chi connectivity index (χ1) is 9.41. The van der Waals surface area contributed by atoms with Crippen LogP contribution < -0.4 is 11.1 Å². The minimum atomic E-state index is -0.527. The molecule has 110 valence electrons. The quantitative estimate of drug-likeness (QED) is 0.828. The highest BCUT2D eigenvalue weighted by Gasteiger charge is 2.32. The number of hydrogen-bond acceptors (Lipinski definition) is 2. The Bertz CT molecular complexity index is 458. The molecule has 1 atom stereocenters. The molecule has 1 amide bonds. The first-order valence-corrected chi connectivity index (χ1v) is 7.58. The summed E-state index contributed by atoms with van der Waals surface area (Å²) in [4.78, 5) is 12.6. The van der Waals surface area contributed by atoms with Crippen LogP contribution in [0.4, 0.5) is 5.69 Å². The third kappa shape index (κ3) is 3.14. The lowest BCUT2D eigenvalue weighted by atomic mass is 9.83. The van der Waals surface area contributed by atoms with Crippen molar-refractivity contribution in [3.63, 3.8) is 0 Å². The third-order valence-electron chi connectivity index (χ3n) is 4.67. The van der Waals surface area contributed by atoms with Gasteiger partial charge < -0.3 is 11.1 Å². The molecule has 0 spiro atoms. The van der Waals surface area contributed by atoms with Gasteiger partial charge in [-0.15, -0.1) is 0 Å². The Morgan fingerprint density at radius 1 is 1.25 bits per heavy atom. The van der Waals surface area contributed by atoms with Gasteiger partial charge in [-0.05, 0) is 57.2 Å². The fraction of sp³-hybridized carbons (Fsp3) is 0.588. The summed E-state index contributed by atoms with van der Waals surface area (Å²) in [5.74, 6) is 0.739. The Labute approximate surface area is 121 Å². The molecule has 20 heavy (non-hydrogen) atoms. The molecular weight excluding hydrogens is 248 g/mol. The van der Waals surface area contributed by atoms with Crippen molar-refractivity contribution in [1.82, 2.24) is 5.32 Å². The van der Waals surface area contributed by atoms with E-state index >= 15 is 0 Å². The van der Waals surface area contributed by atoms with Gasteiger partial charge in [-0.25, -0.2) is 0 Å². The predicted octanol–water partition coefficient (Wildman–Crippen LogP) is 3.24. The molecule has 1 aliphatic carbocycles. The van der Waals surface area contributed by atoms with Gasteiger partial charge in [-0.1, -0.05) is 25.0 Å². The number of hydrogen-bond donors (Lipinski definition) is 2. The van der Waals surface area contributed by atoms with Crippen LogP contribution in [0, 0.1) is 5.92 Å². The van der Waals surface area contributed by atoms with E-state index in [1.165, 1.54) is 25.7 Å². The van der Waals surface area contributed by atoms with Crippen LogP contribution in [0.25, 0.3) is 0 Å². The van der Waals surface area contributed by atoms with E-state index in [2.05, 4.69) is 12.2 Å². The molecule has 0 saturated heterocycles. The standard InChI is InChI=1S/C17H26N2O/c1-12(13-6-4-5-7-13)19-16(20)17(2,3)14-8-10-15(18)11-9-14/h8-13H,4-7,18H2,1-3H3,(H,19,20)/t12-/m0/s1. The molecule has 2 rings (SSSR count). The molecule has 0 aromatic heterocycles. The number of amides is 1. The van der Waals surface area contributed by atoms with E-state index in [1.54, 1.807) is 0 Å². The number of nitrogens with one attached hydrogen (secondary N) is 1. The summed E-state index contributed by atoms with van der Waals surface area (Å²) in [5, 5.41) is 3.21. The fourth-order valence-corrected chi connectivity index (χ4v) is 2.99. The summed E-state index contributed by atoms with van der Waals surface area (Å²) in [6.07, 6.45) is 5.08. The predicted molar refractivity (Wildman–Crippen MR) is 83.4 cm³/mol. The minimum absolute atomic E-state index is 0.0988. The van der Waals surface area contributed by atoms with Crippen LogP contribution in [-0.2, 0) is 10.2 Å². The zero-order valence-corrected chi connectivity index (χ0v) is 12.8. The zero-order valence-electron chi connectivity index (χ0n) is 12.8. The van der Waals surface area contributed by atoms with Crippen LogP contribution in [0.5, 0.6) is 0 Å². The lowest BCUT2D eigenvalue weighted by Crippen LogP contribution is -2.46. The zero-order chi connectivity index (χ0) is 14.8. The molecule has 1 aliphatic rings. The molecule has 1 aromatic carbocycles. The Morgan fingerprint density at radius 3 is 2.35 bits per heavy atom. The highest BCUT2D eigenvalue weighted by Crippen LogP contribution is 2.29. The van der Waals surface area contributed by atoms with E-state index in [9.17, 15) is 4.79 Å². The maximum atomic E-state index is 12.6. The average molecular weight is 274 g/mol. The number of nitrogen functional groups attached to an aromatic ring is 1. The van der Waals surface area contributed by atoms with E-state index < -0.39 is 5.41 Å². The molecule has 1 fully saturated rings. The fourth-order valence-electron chi connectivity index (χ4n) is 2.99. The van der Waals surface area contributed by atoms with Crippen LogP contribution in [0.3, 0.4) is 0 Å². The van der Waals surface area contributed by atoms with Crippen molar-refractivity contribution >= 4 is 11.6 Å². The summed E-state index contributed by atoms with van der Waals surface area (Å²) in [7, 11) is 0. The van der Waals surface area contributed by atoms with Gasteiger partial charge in [-0.3, -0.25) is 4.79 Å². The Morgan fingerprint density at radius 2 is 1.80 bits per heavy atom. The Kier molecular flexibility index (Phi) is 4.36. The Balaban J connectivity index is 2.04. The summed E-state index contributed by atoms with van der Waals surface area (Å²) in [6, 6.07) is 7.85. The highest BCUT2D eigenvalue weighted by molar-refractivity contribution is 5.87. The maximum absolute atomic E-state index is 12.6. The number of rotatable bonds is 4. The van der Waals surface area contributed by atoms with Crippen LogP contribution in [0.1, 0.15) is 52.0 Å². The normalized spacial score (nSPS) is 17.9. The van der Waals surface area contributed by atoms with Crippen molar-refractivity contribution in [2.75, 3.05) is 5.73 Å². The molecule has 0 aliphatic heterocycles. The van der Waals surface area contributed by atoms with Gasteiger partial charge >= 0.3 is 0 Å². The van der Waals surface area contributed by atoms with Crippen molar-refractivity contribution in [2.24, 2.45) is 5.92 Å². The monoisotopic (exact) mass is 274 g/mol. The average Bonchev–Trinajstić information content (AvgIpc) is 2.93. The molecule has 1 aromatic rings. The largest absolute Gasteiger partial charge is 0.399 e. The van der Waals surface area contributed by atoms with E-state index in [4.69, 9.17) is 5.73 Å². The number of benzene rings is 1. The molecule has 0 heterocycles. The van der Waals surface area contributed by atoms with Crippen molar-refractivity contribution in [1.29, 1.82) is 0 Å².